The fourth-order valence-electron chi connectivity index (χ4n) is 2.74. The number of hydrogen-bond donors (Lipinski definition) is 1. The molecule has 2 amide bonds. The van der Waals surface area contributed by atoms with E-state index >= 15 is 0 Å². The molecule has 0 bridgehead atoms. The second-order valence-corrected chi connectivity index (χ2v) is 5.34. The molecule has 1 saturated heterocycles. The Bertz CT molecular complexity index is 554. The van der Waals surface area contributed by atoms with Gasteiger partial charge < -0.3 is 15.0 Å². The smallest absolute Gasteiger partial charge is 0.247 e. The molecular weight excluding hydrogens is 280 g/mol. The Labute approximate surface area is 130 Å². The fourth-order valence-corrected chi connectivity index (χ4v) is 2.74. The predicted octanol–water partition coefficient (Wildman–Crippen LogP) is 2.59. The van der Waals surface area contributed by atoms with Crippen LogP contribution in [0.1, 0.15) is 26.7 Å². The minimum atomic E-state index is -0.438. The van der Waals surface area contributed by atoms with Crippen molar-refractivity contribution in [3.8, 4) is 5.75 Å². The van der Waals surface area contributed by atoms with Crippen molar-refractivity contribution < 1.29 is 14.3 Å². The van der Waals surface area contributed by atoms with E-state index < -0.39 is 6.04 Å². The first kappa shape index (κ1) is 16.1. The molecule has 2 atom stereocenters. The maximum atomic E-state index is 12.4. The van der Waals surface area contributed by atoms with Crippen LogP contribution < -0.4 is 10.1 Å². The van der Waals surface area contributed by atoms with Crippen LogP contribution in [0.4, 0.5) is 5.69 Å². The molecule has 118 valence electrons. The lowest BCUT2D eigenvalue weighted by atomic mass is 10.2. The van der Waals surface area contributed by atoms with Gasteiger partial charge in [-0.25, -0.2) is 0 Å². The number of rotatable bonds is 5. The van der Waals surface area contributed by atoms with Gasteiger partial charge >= 0.3 is 0 Å². The van der Waals surface area contributed by atoms with Crippen molar-refractivity contribution in [1.82, 2.24) is 4.90 Å². The van der Waals surface area contributed by atoms with Crippen LogP contribution in [0.15, 0.2) is 36.9 Å². The van der Waals surface area contributed by atoms with Crippen LogP contribution in [0.3, 0.4) is 0 Å². The van der Waals surface area contributed by atoms with Gasteiger partial charge in [-0.2, -0.15) is 0 Å². The van der Waals surface area contributed by atoms with Gasteiger partial charge in [-0.05, 0) is 57.0 Å². The van der Waals surface area contributed by atoms with Crippen molar-refractivity contribution in [2.75, 3.05) is 11.9 Å². The topological polar surface area (TPSA) is 58.6 Å². The first-order valence-electron chi connectivity index (χ1n) is 7.55. The van der Waals surface area contributed by atoms with E-state index in [-0.39, 0.29) is 17.9 Å². The minimum absolute atomic E-state index is 0.0570. The van der Waals surface area contributed by atoms with Crippen molar-refractivity contribution in [1.29, 1.82) is 0 Å². The molecule has 1 heterocycles. The lowest BCUT2D eigenvalue weighted by Gasteiger charge is -2.26. The Morgan fingerprint density at radius 2 is 2.05 bits per heavy atom. The van der Waals surface area contributed by atoms with E-state index in [1.807, 2.05) is 26.0 Å². The third kappa shape index (κ3) is 3.47. The molecule has 1 aromatic carbocycles. The third-order valence-corrected chi connectivity index (χ3v) is 3.83. The van der Waals surface area contributed by atoms with Gasteiger partial charge in [0.2, 0.25) is 11.8 Å². The number of carbonyl (C=O) groups is 2. The first-order valence-corrected chi connectivity index (χ1v) is 7.55. The van der Waals surface area contributed by atoms with Crippen LogP contribution >= 0.6 is 0 Å². The first-order chi connectivity index (χ1) is 10.6. The van der Waals surface area contributed by atoms with Crippen LogP contribution in [-0.4, -0.2) is 35.4 Å². The molecule has 1 aliphatic heterocycles. The molecule has 1 N–H and O–H groups in total. The number of nitrogens with one attached hydrogen (secondary N) is 1. The Morgan fingerprint density at radius 1 is 1.36 bits per heavy atom. The van der Waals surface area contributed by atoms with Gasteiger partial charge in [0.1, 0.15) is 11.8 Å². The molecule has 0 spiro atoms. The van der Waals surface area contributed by atoms with Gasteiger partial charge in [-0.15, -0.1) is 0 Å². The monoisotopic (exact) mass is 302 g/mol. The zero-order valence-electron chi connectivity index (χ0n) is 13.0. The van der Waals surface area contributed by atoms with Crippen LogP contribution in [0.5, 0.6) is 5.75 Å². The van der Waals surface area contributed by atoms with Crippen molar-refractivity contribution in [3.63, 3.8) is 0 Å². The van der Waals surface area contributed by atoms with E-state index in [0.717, 1.165) is 12.2 Å². The van der Waals surface area contributed by atoms with E-state index in [9.17, 15) is 9.59 Å². The number of amides is 2. The van der Waals surface area contributed by atoms with Crippen molar-refractivity contribution in [2.45, 2.75) is 38.8 Å². The average molecular weight is 302 g/mol. The highest BCUT2D eigenvalue weighted by molar-refractivity contribution is 5.99. The summed E-state index contributed by atoms with van der Waals surface area (Å²) >= 11 is 0. The number of anilines is 1. The van der Waals surface area contributed by atoms with E-state index in [1.165, 1.54) is 6.08 Å². The predicted molar refractivity (Wildman–Crippen MR) is 85.8 cm³/mol. The van der Waals surface area contributed by atoms with Crippen molar-refractivity contribution >= 4 is 17.5 Å². The molecule has 22 heavy (non-hydrogen) atoms. The zero-order chi connectivity index (χ0) is 16.1. The summed E-state index contributed by atoms with van der Waals surface area (Å²) in [5.74, 6) is 0.402. The highest BCUT2D eigenvalue weighted by atomic mass is 16.5. The molecule has 0 saturated carbocycles. The molecule has 0 aliphatic carbocycles. The molecule has 0 unspecified atom stereocenters. The maximum Gasteiger partial charge on any atom is 0.247 e. The number of benzene rings is 1. The highest BCUT2D eigenvalue weighted by Crippen LogP contribution is 2.25. The summed E-state index contributed by atoms with van der Waals surface area (Å²) in [6.07, 6.45) is 2.75. The molecule has 0 radical (unpaired) electrons. The number of likely N-dealkylation sites (tertiary alicyclic amines) is 1. The number of nitrogens with zero attached hydrogens (tertiary/aromatic N) is 1. The molecule has 0 aromatic heterocycles. The normalized spacial score (nSPS) is 20.5. The average Bonchev–Trinajstić information content (AvgIpc) is 2.90. The Morgan fingerprint density at radius 3 is 2.64 bits per heavy atom. The van der Waals surface area contributed by atoms with Crippen LogP contribution in [0.25, 0.3) is 0 Å². The van der Waals surface area contributed by atoms with Gasteiger partial charge in [-0.1, -0.05) is 6.58 Å². The Kier molecular flexibility index (Phi) is 5.20. The van der Waals surface area contributed by atoms with Crippen LogP contribution in [0.2, 0.25) is 0 Å². The SMILES string of the molecule is C=CC(=O)N1[C@@H](C)CC[C@H]1C(=O)Nc1ccc(OCC)cc1. The molecule has 1 aromatic rings. The van der Waals surface area contributed by atoms with Gasteiger partial charge in [0.15, 0.2) is 0 Å². The summed E-state index contributed by atoms with van der Waals surface area (Å²) in [5, 5.41) is 2.86. The van der Waals surface area contributed by atoms with E-state index in [4.69, 9.17) is 4.74 Å². The van der Waals surface area contributed by atoms with Gasteiger partial charge in [0, 0.05) is 11.7 Å². The molecular formula is C17H22N2O3. The van der Waals surface area contributed by atoms with Gasteiger partial charge in [0.05, 0.1) is 6.61 Å². The second-order valence-electron chi connectivity index (χ2n) is 5.34. The summed E-state index contributed by atoms with van der Waals surface area (Å²) < 4.78 is 5.37. The largest absolute Gasteiger partial charge is 0.494 e. The van der Waals surface area contributed by atoms with Crippen LogP contribution in [0, 0.1) is 0 Å². The summed E-state index contributed by atoms with van der Waals surface area (Å²) in [5.41, 5.74) is 0.694. The Balaban J connectivity index is 2.04. The molecule has 2 rings (SSSR count). The second kappa shape index (κ2) is 7.11. The lowest BCUT2D eigenvalue weighted by Crippen LogP contribution is -2.45. The lowest BCUT2D eigenvalue weighted by molar-refractivity contribution is -0.134. The van der Waals surface area contributed by atoms with Crippen LogP contribution in [-0.2, 0) is 9.59 Å². The summed E-state index contributed by atoms with van der Waals surface area (Å²) in [4.78, 5) is 26.0. The number of ether oxygens (including phenoxy) is 1. The molecule has 1 fully saturated rings. The third-order valence-electron chi connectivity index (χ3n) is 3.83. The maximum absolute atomic E-state index is 12.4. The summed E-state index contributed by atoms with van der Waals surface area (Å²) in [7, 11) is 0. The standard InChI is InChI=1S/C17H22N2O3/c1-4-16(20)19-12(3)6-11-15(19)17(21)18-13-7-9-14(10-8-13)22-5-2/h4,7-10,12,15H,1,5-6,11H2,2-3H3,(H,18,21)/t12-,15-/m0/s1. The summed E-state index contributed by atoms with van der Waals surface area (Å²) in [6.45, 7) is 7.98. The quantitative estimate of drug-likeness (QED) is 0.851. The van der Waals surface area contributed by atoms with Gasteiger partial charge in [-0.3, -0.25) is 9.59 Å². The molecule has 1 aliphatic rings. The molecule has 5 heteroatoms. The summed E-state index contributed by atoms with van der Waals surface area (Å²) in [6, 6.07) is 6.82. The van der Waals surface area contributed by atoms with E-state index in [1.54, 1.807) is 17.0 Å². The Hall–Kier alpha value is -2.30. The number of hydrogen-bond acceptors (Lipinski definition) is 3. The van der Waals surface area contributed by atoms with Crippen molar-refractivity contribution in [2.24, 2.45) is 0 Å². The van der Waals surface area contributed by atoms with E-state index in [0.29, 0.717) is 18.7 Å². The zero-order valence-corrected chi connectivity index (χ0v) is 13.0. The minimum Gasteiger partial charge on any atom is -0.494 e. The van der Waals surface area contributed by atoms with Gasteiger partial charge in [0.25, 0.3) is 0 Å². The number of carbonyl (C=O) groups excluding carboxylic acids is 2. The molecule has 5 nitrogen and oxygen atoms in total. The van der Waals surface area contributed by atoms with Crippen molar-refractivity contribution in [3.05, 3.63) is 36.9 Å². The fraction of sp³-hybridized carbons (Fsp3) is 0.412. The van der Waals surface area contributed by atoms with E-state index in [2.05, 4.69) is 11.9 Å². The highest BCUT2D eigenvalue weighted by Gasteiger charge is 2.37.